The zero-order valence-corrected chi connectivity index (χ0v) is 15.6. The highest BCUT2D eigenvalue weighted by Gasteiger charge is 2.49. The first-order valence-electron chi connectivity index (χ1n) is 9.32. The SMILES string of the molecule is CCC[C@H]1C[C@]2(C(C)Cc3cc(F)c(OC)cc3F)OCCC2=CC1=O. The van der Waals surface area contributed by atoms with E-state index in [2.05, 4.69) is 6.92 Å². The molecule has 1 saturated heterocycles. The van der Waals surface area contributed by atoms with Crippen LogP contribution in [0.25, 0.3) is 0 Å². The third-order valence-corrected chi connectivity index (χ3v) is 5.82. The molecular weight excluding hydrogens is 338 g/mol. The minimum absolute atomic E-state index is 0.0539. The lowest BCUT2D eigenvalue weighted by Gasteiger charge is -2.41. The summed E-state index contributed by atoms with van der Waals surface area (Å²) in [5.74, 6) is -1.09. The van der Waals surface area contributed by atoms with Crippen molar-refractivity contribution in [2.24, 2.45) is 11.8 Å². The summed E-state index contributed by atoms with van der Waals surface area (Å²) in [6.45, 7) is 4.63. The van der Waals surface area contributed by atoms with E-state index in [1.165, 1.54) is 13.2 Å². The lowest BCUT2D eigenvalue weighted by atomic mass is 9.68. The van der Waals surface area contributed by atoms with Crippen LogP contribution in [0.4, 0.5) is 8.78 Å². The molecule has 0 bridgehead atoms. The standard InChI is InChI=1S/C21H26F2O3/c1-4-5-14-12-21(16(6-7-26-21)10-19(14)24)13(2)8-15-9-18(23)20(25-3)11-17(15)22/h9-11,13-14H,4-8,12H2,1-3H3/t13?,14-,21+/m0/s1. The van der Waals surface area contributed by atoms with Crippen LogP contribution < -0.4 is 4.74 Å². The number of fused-ring (bicyclic) bond motifs is 1. The van der Waals surface area contributed by atoms with Gasteiger partial charge in [-0.3, -0.25) is 4.79 Å². The highest BCUT2D eigenvalue weighted by Crippen LogP contribution is 2.47. The molecule has 0 radical (unpaired) electrons. The van der Waals surface area contributed by atoms with Gasteiger partial charge in [-0.2, -0.15) is 0 Å². The van der Waals surface area contributed by atoms with Crippen molar-refractivity contribution in [2.75, 3.05) is 13.7 Å². The molecule has 1 heterocycles. The van der Waals surface area contributed by atoms with Crippen molar-refractivity contribution in [3.8, 4) is 5.75 Å². The first kappa shape index (κ1) is 19.0. The van der Waals surface area contributed by atoms with Gasteiger partial charge in [0.05, 0.1) is 19.3 Å². The van der Waals surface area contributed by atoms with Gasteiger partial charge in [0.25, 0.3) is 0 Å². The van der Waals surface area contributed by atoms with E-state index in [-0.39, 0.29) is 23.4 Å². The summed E-state index contributed by atoms with van der Waals surface area (Å²) in [5, 5.41) is 0. The molecule has 0 N–H and O–H groups in total. The molecule has 2 aliphatic rings. The fraction of sp³-hybridized carbons (Fsp3) is 0.571. The van der Waals surface area contributed by atoms with Gasteiger partial charge in [0, 0.05) is 12.0 Å². The Bertz CT molecular complexity index is 728. The fourth-order valence-corrected chi connectivity index (χ4v) is 4.42. The number of halogens is 2. The van der Waals surface area contributed by atoms with Gasteiger partial charge in [-0.15, -0.1) is 0 Å². The zero-order valence-electron chi connectivity index (χ0n) is 15.6. The number of rotatable bonds is 6. The van der Waals surface area contributed by atoms with E-state index in [1.54, 1.807) is 6.08 Å². The Hall–Kier alpha value is -1.75. The quantitative estimate of drug-likeness (QED) is 0.738. The number of carbonyl (C=O) groups excluding carboxylic acids is 1. The van der Waals surface area contributed by atoms with Gasteiger partial charge in [0.15, 0.2) is 17.3 Å². The molecule has 0 aromatic heterocycles. The van der Waals surface area contributed by atoms with Gasteiger partial charge in [0.2, 0.25) is 0 Å². The van der Waals surface area contributed by atoms with Crippen molar-refractivity contribution < 1.29 is 23.0 Å². The molecule has 3 atom stereocenters. The summed E-state index contributed by atoms with van der Waals surface area (Å²) in [7, 11) is 1.31. The Labute approximate surface area is 153 Å². The molecule has 0 saturated carbocycles. The van der Waals surface area contributed by atoms with Crippen molar-refractivity contribution in [2.45, 2.75) is 51.6 Å². The predicted molar refractivity (Wildman–Crippen MR) is 95.2 cm³/mol. The largest absolute Gasteiger partial charge is 0.494 e. The number of hydrogen-bond acceptors (Lipinski definition) is 3. The number of methoxy groups -OCH3 is 1. The molecule has 0 spiro atoms. The second-order valence-electron chi connectivity index (χ2n) is 7.43. The first-order valence-corrected chi connectivity index (χ1v) is 9.32. The molecule has 5 heteroatoms. The second-order valence-corrected chi connectivity index (χ2v) is 7.43. The fourth-order valence-electron chi connectivity index (χ4n) is 4.42. The normalized spacial score (nSPS) is 26.4. The van der Waals surface area contributed by atoms with Gasteiger partial charge < -0.3 is 9.47 Å². The summed E-state index contributed by atoms with van der Waals surface area (Å²) in [6.07, 6.45) is 5.21. The first-order chi connectivity index (χ1) is 12.4. The van der Waals surface area contributed by atoms with Crippen LogP contribution in [0.1, 0.15) is 45.1 Å². The number of allylic oxidation sites excluding steroid dienone is 1. The van der Waals surface area contributed by atoms with Crippen LogP contribution in [0.15, 0.2) is 23.8 Å². The van der Waals surface area contributed by atoms with Gasteiger partial charge >= 0.3 is 0 Å². The van der Waals surface area contributed by atoms with Crippen molar-refractivity contribution in [1.29, 1.82) is 0 Å². The molecule has 1 aliphatic heterocycles. The molecule has 3 rings (SSSR count). The summed E-state index contributed by atoms with van der Waals surface area (Å²) in [6, 6.07) is 2.29. The maximum atomic E-state index is 14.4. The number of benzene rings is 1. The second kappa shape index (κ2) is 7.47. The highest BCUT2D eigenvalue weighted by molar-refractivity contribution is 5.94. The van der Waals surface area contributed by atoms with Crippen LogP contribution in [0, 0.1) is 23.5 Å². The van der Waals surface area contributed by atoms with Crippen LogP contribution in [-0.2, 0) is 16.0 Å². The smallest absolute Gasteiger partial charge is 0.165 e. The summed E-state index contributed by atoms with van der Waals surface area (Å²) < 4.78 is 39.4. The Balaban J connectivity index is 1.88. The molecule has 1 fully saturated rings. The average molecular weight is 364 g/mol. The molecule has 1 aliphatic carbocycles. The predicted octanol–water partition coefficient (Wildman–Crippen LogP) is 4.63. The third kappa shape index (κ3) is 3.29. The molecule has 26 heavy (non-hydrogen) atoms. The molecule has 1 aromatic rings. The lowest BCUT2D eigenvalue weighted by Crippen LogP contribution is -2.44. The Kier molecular flexibility index (Phi) is 5.47. The number of ether oxygens (including phenoxy) is 2. The van der Waals surface area contributed by atoms with E-state index >= 15 is 0 Å². The van der Waals surface area contributed by atoms with E-state index in [9.17, 15) is 13.6 Å². The number of carbonyl (C=O) groups is 1. The molecule has 1 aromatic carbocycles. The summed E-state index contributed by atoms with van der Waals surface area (Å²) in [5.41, 5.74) is 0.775. The minimum atomic E-state index is -0.570. The molecule has 3 nitrogen and oxygen atoms in total. The molecule has 142 valence electrons. The maximum absolute atomic E-state index is 14.4. The van der Waals surface area contributed by atoms with Gasteiger partial charge in [-0.25, -0.2) is 8.78 Å². The summed E-state index contributed by atoms with van der Waals surface area (Å²) >= 11 is 0. The van der Waals surface area contributed by atoms with Gasteiger partial charge in [0.1, 0.15) is 5.82 Å². The number of hydrogen-bond donors (Lipinski definition) is 0. The molecule has 1 unspecified atom stereocenters. The van der Waals surface area contributed by atoms with E-state index in [0.29, 0.717) is 25.0 Å². The number of ketones is 1. The third-order valence-electron chi connectivity index (χ3n) is 5.82. The van der Waals surface area contributed by atoms with Crippen LogP contribution in [0.3, 0.4) is 0 Å². The van der Waals surface area contributed by atoms with E-state index in [0.717, 1.165) is 30.9 Å². The maximum Gasteiger partial charge on any atom is 0.165 e. The Morgan fingerprint density at radius 3 is 2.81 bits per heavy atom. The van der Waals surface area contributed by atoms with Crippen molar-refractivity contribution >= 4 is 5.78 Å². The van der Waals surface area contributed by atoms with E-state index < -0.39 is 17.2 Å². The Morgan fingerprint density at radius 2 is 2.12 bits per heavy atom. The van der Waals surface area contributed by atoms with Gasteiger partial charge in [-0.1, -0.05) is 20.3 Å². The van der Waals surface area contributed by atoms with Crippen molar-refractivity contribution in [3.05, 3.63) is 41.0 Å². The van der Waals surface area contributed by atoms with Crippen LogP contribution >= 0.6 is 0 Å². The van der Waals surface area contributed by atoms with Crippen LogP contribution in [0.2, 0.25) is 0 Å². The minimum Gasteiger partial charge on any atom is -0.494 e. The monoisotopic (exact) mass is 364 g/mol. The zero-order chi connectivity index (χ0) is 18.9. The van der Waals surface area contributed by atoms with Crippen molar-refractivity contribution in [3.63, 3.8) is 0 Å². The van der Waals surface area contributed by atoms with E-state index in [4.69, 9.17) is 9.47 Å². The van der Waals surface area contributed by atoms with Crippen LogP contribution in [-0.4, -0.2) is 25.1 Å². The average Bonchev–Trinajstić information content (AvgIpc) is 3.02. The topological polar surface area (TPSA) is 35.5 Å². The molecular formula is C21H26F2O3. The van der Waals surface area contributed by atoms with Crippen molar-refractivity contribution in [1.82, 2.24) is 0 Å². The lowest BCUT2D eigenvalue weighted by molar-refractivity contribution is -0.123. The highest BCUT2D eigenvalue weighted by atomic mass is 19.1. The summed E-state index contributed by atoms with van der Waals surface area (Å²) in [4.78, 5) is 12.4. The van der Waals surface area contributed by atoms with Crippen LogP contribution in [0.5, 0.6) is 5.75 Å². The molecule has 0 amide bonds. The van der Waals surface area contributed by atoms with E-state index in [1.807, 2.05) is 6.92 Å². The Morgan fingerprint density at radius 1 is 1.35 bits per heavy atom. The van der Waals surface area contributed by atoms with Gasteiger partial charge in [-0.05, 0) is 54.9 Å².